The first-order valence-corrected chi connectivity index (χ1v) is 4.77. The van der Waals surface area contributed by atoms with E-state index in [1.165, 1.54) is 38.0 Å². The van der Waals surface area contributed by atoms with Gasteiger partial charge in [-0.2, -0.15) is 0 Å². The van der Waals surface area contributed by atoms with Crippen molar-refractivity contribution >= 4 is 5.69 Å². The Labute approximate surface area is 85.0 Å². The summed E-state index contributed by atoms with van der Waals surface area (Å²) in [6.45, 7) is 2.48. The Balaban J connectivity index is 0.000000845. The molecule has 0 unspecified atom stereocenters. The van der Waals surface area contributed by atoms with Crippen LogP contribution in [0.1, 0.15) is 19.3 Å². The number of piperidine rings is 1. The minimum Gasteiger partial charge on any atom is -0.412 e. The lowest BCUT2D eigenvalue weighted by Gasteiger charge is -2.28. The van der Waals surface area contributed by atoms with Gasteiger partial charge in [0.05, 0.1) is 0 Å². The third-order valence-electron chi connectivity index (χ3n) is 2.48. The quantitative estimate of drug-likeness (QED) is 0.663. The monoisotopic (exact) mass is 197 g/mol. The molecule has 0 bridgehead atoms. The first-order valence-electron chi connectivity index (χ1n) is 4.77. The van der Waals surface area contributed by atoms with E-state index in [2.05, 4.69) is 35.2 Å². The SMILES string of the molecule is O.O.c1ccc(N2CCCCC2)cc1. The topological polar surface area (TPSA) is 66.2 Å². The lowest BCUT2D eigenvalue weighted by molar-refractivity contribution is 0.578. The second-order valence-electron chi connectivity index (χ2n) is 3.38. The maximum atomic E-state index is 2.48. The molecule has 1 aliphatic rings. The van der Waals surface area contributed by atoms with Crippen molar-refractivity contribution < 1.29 is 11.0 Å². The fraction of sp³-hybridized carbons (Fsp3) is 0.455. The van der Waals surface area contributed by atoms with Crippen molar-refractivity contribution in [3.63, 3.8) is 0 Å². The van der Waals surface area contributed by atoms with Crippen LogP contribution in [0.5, 0.6) is 0 Å². The maximum Gasteiger partial charge on any atom is 0.0366 e. The molecule has 14 heavy (non-hydrogen) atoms. The second-order valence-corrected chi connectivity index (χ2v) is 3.38. The van der Waals surface area contributed by atoms with Crippen LogP contribution in [0.2, 0.25) is 0 Å². The van der Waals surface area contributed by atoms with Gasteiger partial charge in [0.25, 0.3) is 0 Å². The molecule has 80 valence electrons. The Hall–Kier alpha value is -1.06. The van der Waals surface area contributed by atoms with Crippen LogP contribution in [0, 0.1) is 0 Å². The minimum absolute atomic E-state index is 0. The van der Waals surface area contributed by atoms with Crippen LogP contribution in [0.15, 0.2) is 30.3 Å². The normalized spacial score (nSPS) is 15.3. The summed E-state index contributed by atoms with van der Waals surface area (Å²) in [7, 11) is 0. The van der Waals surface area contributed by atoms with E-state index in [1.54, 1.807) is 0 Å². The number of rotatable bonds is 1. The molecular formula is C11H19NO2. The standard InChI is InChI=1S/C11H15N.2H2O/c1-3-7-11(8-4-1)12-9-5-2-6-10-12;;/h1,3-4,7-8H,2,5-6,9-10H2;2*1H2. The van der Waals surface area contributed by atoms with Gasteiger partial charge in [0.1, 0.15) is 0 Å². The molecule has 0 aliphatic carbocycles. The number of hydrogen-bond donors (Lipinski definition) is 0. The molecule has 1 aromatic rings. The number of hydrogen-bond acceptors (Lipinski definition) is 1. The first kappa shape index (κ1) is 12.9. The summed E-state index contributed by atoms with van der Waals surface area (Å²) in [5.74, 6) is 0. The lowest BCUT2D eigenvalue weighted by atomic mass is 10.1. The zero-order chi connectivity index (χ0) is 8.23. The van der Waals surface area contributed by atoms with Gasteiger partial charge < -0.3 is 15.9 Å². The summed E-state index contributed by atoms with van der Waals surface area (Å²) in [4.78, 5) is 2.48. The van der Waals surface area contributed by atoms with E-state index in [9.17, 15) is 0 Å². The maximum absolute atomic E-state index is 2.48. The average molecular weight is 197 g/mol. The molecule has 3 nitrogen and oxygen atoms in total. The molecule has 2 rings (SSSR count). The van der Waals surface area contributed by atoms with Crippen LogP contribution in [-0.4, -0.2) is 24.0 Å². The Morgan fingerprint density at radius 2 is 1.36 bits per heavy atom. The lowest BCUT2D eigenvalue weighted by Crippen LogP contribution is -2.29. The van der Waals surface area contributed by atoms with E-state index in [0.29, 0.717) is 0 Å². The van der Waals surface area contributed by atoms with Crippen LogP contribution in [-0.2, 0) is 0 Å². The number of anilines is 1. The van der Waals surface area contributed by atoms with Gasteiger partial charge >= 0.3 is 0 Å². The van der Waals surface area contributed by atoms with Crippen LogP contribution in [0.25, 0.3) is 0 Å². The smallest absolute Gasteiger partial charge is 0.0366 e. The predicted octanol–water partition coefficient (Wildman–Crippen LogP) is 1.03. The fourth-order valence-corrected chi connectivity index (χ4v) is 1.79. The van der Waals surface area contributed by atoms with Crippen molar-refractivity contribution in [1.29, 1.82) is 0 Å². The summed E-state index contributed by atoms with van der Waals surface area (Å²) in [5.41, 5.74) is 1.39. The summed E-state index contributed by atoms with van der Waals surface area (Å²) in [6, 6.07) is 10.7. The molecule has 1 aromatic carbocycles. The van der Waals surface area contributed by atoms with Gasteiger partial charge in [-0.15, -0.1) is 0 Å². The van der Waals surface area contributed by atoms with E-state index in [1.807, 2.05) is 0 Å². The van der Waals surface area contributed by atoms with E-state index < -0.39 is 0 Å². The second kappa shape index (κ2) is 6.40. The van der Waals surface area contributed by atoms with Crippen molar-refractivity contribution in [2.24, 2.45) is 0 Å². The summed E-state index contributed by atoms with van der Waals surface area (Å²) in [6.07, 6.45) is 4.12. The third-order valence-corrected chi connectivity index (χ3v) is 2.48. The van der Waals surface area contributed by atoms with Crippen molar-refractivity contribution in [3.05, 3.63) is 30.3 Å². The van der Waals surface area contributed by atoms with Gasteiger partial charge in [-0.25, -0.2) is 0 Å². The van der Waals surface area contributed by atoms with Crippen molar-refractivity contribution in [3.8, 4) is 0 Å². The van der Waals surface area contributed by atoms with Crippen LogP contribution >= 0.6 is 0 Å². The fourth-order valence-electron chi connectivity index (χ4n) is 1.79. The van der Waals surface area contributed by atoms with Crippen molar-refractivity contribution in [1.82, 2.24) is 0 Å². The number of benzene rings is 1. The average Bonchev–Trinajstić information content (AvgIpc) is 2.21. The Morgan fingerprint density at radius 3 is 1.93 bits per heavy atom. The summed E-state index contributed by atoms with van der Waals surface area (Å²) >= 11 is 0. The summed E-state index contributed by atoms with van der Waals surface area (Å²) in [5, 5.41) is 0. The van der Waals surface area contributed by atoms with Gasteiger partial charge in [-0.05, 0) is 31.4 Å². The Kier molecular flexibility index (Phi) is 5.92. The molecule has 0 radical (unpaired) electrons. The van der Waals surface area contributed by atoms with Gasteiger partial charge in [0, 0.05) is 18.8 Å². The molecule has 3 heteroatoms. The van der Waals surface area contributed by atoms with E-state index in [-0.39, 0.29) is 11.0 Å². The molecule has 0 saturated carbocycles. The molecule has 0 spiro atoms. The van der Waals surface area contributed by atoms with E-state index in [4.69, 9.17) is 0 Å². The highest BCUT2D eigenvalue weighted by atomic mass is 16.0. The Morgan fingerprint density at radius 1 is 0.786 bits per heavy atom. The predicted molar refractivity (Wildman–Crippen MR) is 59.7 cm³/mol. The van der Waals surface area contributed by atoms with E-state index >= 15 is 0 Å². The van der Waals surface area contributed by atoms with Crippen LogP contribution < -0.4 is 4.90 Å². The van der Waals surface area contributed by atoms with Gasteiger partial charge in [0.2, 0.25) is 0 Å². The van der Waals surface area contributed by atoms with E-state index in [0.717, 1.165) is 0 Å². The molecule has 0 amide bonds. The molecule has 0 aromatic heterocycles. The molecule has 4 N–H and O–H groups in total. The third kappa shape index (κ3) is 3.01. The molecule has 1 aliphatic heterocycles. The molecule has 0 atom stereocenters. The highest BCUT2D eigenvalue weighted by molar-refractivity contribution is 5.46. The van der Waals surface area contributed by atoms with Crippen LogP contribution in [0.3, 0.4) is 0 Å². The largest absolute Gasteiger partial charge is 0.412 e. The van der Waals surface area contributed by atoms with Gasteiger partial charge in [-0.3, -0.25) is 0 Å². The highest BCUT2D eigenvalue weighted by Gasteiger charge is 2.09. The van der Waals surface area contributed by atoms with Crippen molar-refractivity contribution in [2.45, 2.75) is 19.3 Å². The molecule has 1 heterocycles. The molecule has 1 saturated heterocycles. The highest BCUT2D eigenvalue weighted by Crippen LogP contribution is 2.18. The zero-order valence-corrected chi connectivity index (χ0v) is 8.37. The van der Waals surface area contributed by atoms with Gasteiger partial charge in [-0.1, -0.05) is 18.2 Å². The minimum atomic E-state index is 0. The number of para-hydroxylation sites is 1. The Bertz CT molecular complexity index is 232. The molecule has 1 fully saturated rings. The molecular weight excluding hydrogens is 178 g/mol. The first-order chi connectivity index (χ1) is 5.97. The van der Waals surface area contributed by atoms with Crippen molar-refractivity contribution in [2.75, 3.05) is 18.0 Å². The summed E-state index contributed by atoms with van der Waals surface area (Å²) < 4.78 is 0. The zero-order valence-electron chi connectivity index (χ0n) is 8.37. The van der Waals surface area contributed by atoms with Gasteiger partial charge in [0.15, 0.2) is 0 Å². The van der Waals surface area contributed by atoms with Crippen LogP contribution in [0.4, 0.5) is 5.69 Å². The number of nitrogens with zero attached hydrogens (tertiary/aromatic N) is 1.